The fourth-order valence-electron chi connectivity index (χ4n) is 2.03. The Morgan fingerprint density at radius 3 is 2.44 bits per heavy atom. The van der Waals surface area contributed by atoms with E-state index in [-0.39, 0.29) is 0 Å². The highest BCUT2D eigenvalue weighted by molar-refractivity contribution is 7.20. The van der Waals surface area contributed by atoms with E-state index in [0.29, 0.717) is 0 Å². The summed E-state index contributed by atoms with van der Waals surface area (Å²) in [6.07, 6.45) is 0. The van der Waals surface area contributed by atoms with E-state index in [9.17, 15) is 0 Å². The van der Waals surface area contributed by atoms with Crippen LogP contribution in [0.3, 0.4) is 0 Å². The van der Waals surface area contributed by atoms with Crippen LogP contribution in [0.1, 0.15) is 16.0 Å². The molecule has 0 nitrogen and oxygen atoms in total. The number of rotatable bonds is 2. The van der Waals surface area contributed by atoms with E-state index in [2.05, 4.69) is 68.1 Å². The lowest BCUT2D eigenvalue weighted by atomic mass is 10.0. The summed E-state index contributed by atoms with van der Waals surface area (Å²) in [5.41, 5.74) is 3.59. The Morgan fingerprint density at radius 1 is 1.00 bits per heavy atom. The van der Waals surface area contributed by atoms with Crippen molar-refractivity contribution in [1.29, 1.82) is 0 Å². The number of aryl methyl sites for hydroxylation is 1. The van der Waals surface area contributed by atoms with Gasteiger partial charge in [0.1, 0.15) is 0 Å². The molecule has 0 fully saturated rings. The highest BCUT2D eigenvalue weighted by Gasteiger charge is 2.06. The first-order chi connectivity index (χ1) is 8.74. The van der Waals surface area contributed by atoms with Gasteiger partial charge in [-0.1, -0.05) is 54.6 Å². The lowest BCUT2D eigenvalue weighted by molar-refractivity contribution is 1.45. The monoisotopic (exact) mass is 250 g/mol. The molecule has 0 saturated heterocycles. The summed E-state index contributed by atoms with van der Waals surface area (Å²) in [5, 5.41) is 1.30. The first-order valence-electron chi connectivity index (χ1n) is 5.99. The molecule has 0 aliphatic rings. The summed E-state index contributed by atoms with van der Waals surface area (Å²) in [6, 6.07) is 19.2. The molecule has 0 spiro atoms. The van der Waals surface area contributed by atoms with Crippen LogP contribution < -0.4 is 0 Å². The molecule has 0 aliphatic heterocycles. The molecule has 0 atom stereocenters. The van der Waals surface area contributed by atoms with Gasteiger partial charge in [0, 0.05) is 9.58 Å². The Balaban J connectivity index is 2.03. The normalized spacial score (nSPS) is 10.7. The first kappa shape index (κ1) is 11.2. The van der Waals surface area contributed by atoms with E-state index in [1.165, 1.54) is 26.1 Å². The maximum Gasteiger partial charge on any atom is 0.0355 e. The van der Waals surface area contributed by atoms with Crippen LogP contribution in [0.4, 0.5) is 0 Å². The molecule has 18 heavy (non-hydrogen) atoms. The Hall–Kier alpha value is -1.86. The largest absolute Gasteiger partial charge is 0.135 e. The van der Waals surface area contributed by atoms with Crippen molar-refractivity contribution >= 4 is 27.0 Å². The van der Waals surface area contributed by atoms with Crippen LogP contribution in [0.2, 0.25) is 0 Å². The molecule has 0 amide bonds. The average Bonchev–Trinajstić information content (AvgIpc) is 2.82. The molecule has 0 unspecified atom stereocenters. The summed E-state index contributed by atoms with van der Waals surface area (Å²) in [5.74, 6) is 0. The van der Waals surface area contributed by atoms with Crippen LogP contribution in [-0.2, 0) is 0 Å². The third kappa shape index (κ3) is 1.98. The number of thiophene rings is 1. The van der Waals surface area contributed by atoms with Crippen molar-refractivity contribution in [3.63, 3.8) is 0 Å². The molecule has 1 heteroatoms. The molecule has 0 saturated carbocycles. The van der Waals surface area contributed by atoms with Crippen molar-refractivity contribution in [2.75, 3.05) is 0 Å². The third-order valence-corrected chi connectivity index (χ3v) is 4.30. The van der Waals surface area contributed by atoms with Gasteiger partial charge < -0.3 is 0 Å². The quantitative estimate of drug-likeness (QED) is 0.581. The van der Waals surface area contributed by atoms with Gasteiger partial charge in [0.15, 0.2) is 0 Å². The second-order valence-electron chi connectivity index (χ2n) is 4.49. The highest BCUT2D eigenvalue weighted by atomic mass is 32.1. The van der Waals surface area contributed by atoms with Gasteiger partial charge in [-0.15, -0.1) is 11.3 Å². The van der Waals surface area contributed by atoms with Crippen molar-refractivity contribution in [3.8, 4) is 0 Å². The highest BCUT2D eigenvalue weighted by Crippen LogP contribution is 2.32. The second-order valence-corrected chi connectivity index (χ2v) is 5.58. The summed E-state index contributed by atoms with van der Waals surface area (Å²) in [6.45, 7) is 6.33. The van der Waals surface area contributed by atoms with E-state index in [1.807, 2.05) is 0 Å². The van der Waals surface area contributed by atoms with Crippen LogP contribution in [0.15, 0.2) is 61.2 Å². The van der Waals surface area contributed by atoms with Gasteiger partial charge >= 0.3 is 0 Å². The Morgan fingerprint density at radius 2 is 1.72 bits per heavy atom. The summed E-state index contributed by atoms with van der Waals surface area (Å²) in [4.78, 5) is 1.25. The van der Waals surface area contributed by atoms with Gasteiger partial charge in [0.25, 0.3) is 0 Å². The summed E-state index contributed by atoms with van der Waals surface area (Å²) < 4.78 is 1.32. The van der Waals surface area contributed by atoms with Crippen molar-refractivity contribution < 1.29 is 0 Å². The number of benzene rings is 2. The molecule has 1 aromatic heterocycles. The molecule has 0 radical (unpaired) electrons. The molecule has 0 bridgehead atoms. The molecular weight excluding hydrogens is 236 g/mol. The van der Waals surface area contributed by atoms with Crippen LogP contribution in [0, 0.1) is 6.92 Å². The zero-order chi connectivity index (χ0) is 12.5. The van der Waals surface area contributed by atoms with E-state index < -0.39 is 0 Å². The maximum absolute atomic E-state index is 4.23. The van der Waals surface area contributed by atoms with Crippen LogP contribution in [0.25, 0.3) is 15.7 Å². The van der Waals surface area contributed by atoms with Gasteiger partial charge in [-0.3, -0.25) is 0 Å². The van der Waals surface area contributed by atoms with Crippen LogP contribution in [-0.4, -0.2) is 0 Å². The number of fused-ring (bicyclic) bond motifs is 1. The average molecular weight is 250 g/mol. The Bertz CT molecular complexity index is 669. The first-order valence-corrected chi connectivity index (χ1v) is 6.80. The predicted octanol–water partition coefficient (Wildman–Crippen LogP) is 5.27. The van der Waals surface area contributed by atoms with E-state index in [1.54, 1.807) is 11.3 Å². The maximum atomic E-state index is 4.23. The summed E-state index contributed by atoms with van der Waals surface area (Å²) >= 11 is 1.80. The fraction of sp³-hybridized carbons (Fsp3) is 0.0588. The Kier molecular flexibility index (Phi) is 2.77. The lowest BCUT2D eigenvalue weighted by Crippen LogP contribution is -1.82. The molecule has 3 aromatic rings. The van der Waals surface area contributed by atoms with Crippen LogP contribution >= 0.6 is 11.3 Å². The van der Waals surface area contributed by atoms with E-state index in [0.717, 1.165) is 5.57 Å². The zero-order valence-corrected chi connectivity index (χ0v) is 11.1. The van der Waals surface area contributed by atoms with Gasteiger partial charge in [-0.05, 0) is 35.6 Å². The number of hydrogen-bond donors (Lipinski definition) is 0. The van der Waals surface area contributed by atoms with Gasteiger partial charge in [-0.2, -0.15) is 0 Å². The number of hydrogen-bond acceptors (Lipinski definition) is 1. The smallest absolute Gasteiger partial charge is 0.0355 e. The topological polar surface area (TPSA) is 0 Å². The van der Waals surface area contributed by atoms with E-state index >= 15 is 0 Å². The van der Waals surface area contributed by atoms with Gasteiger partial charge in [0.05, 0.1) is 0 Å². The third-order valence-electron chi connectivity index (χ3n) is 3.12. The van der Waals surface area contributed by atoms with E-state index in [4.69, 9.17) is 0 Å². The fourth-order valence-corrected chi connectivity index (χ4v) is 3.08. The van der Waals surface area contributed by atoms with Crippen molar-refractivity contribution in [2.45, 2.75) is 6.92 Å². The van der Waals surface area contributed by atoms with Crippen molar-refractivity contribution in [2.24, 2.45) is 0 Å². The molecule has 0 aliphatic carbocycles. The van der Waals surface area contributed by atoms with Crippen molar-refractivity contribution in [3.05, 3.63) is 77.2 Å². The lowest BCUT2D eigenvalue weighted by Gasteiger charge is -2.03. The zero-order valence-electron chi connectivity index (χ0n) is 10.3. The summed E-state index contributed by atoms with van der Waals surface area (Å²) in [7, 11) is 0. The standard InChI is InChI=1S/C17H14S/c1-12-7-9-14(10-8-12)13(2)17-11-15-5-3-4-6-16(15)18-17/h3-11H,2H2,1H3. The Labute approximate surface area is 111 Å². The second kappa shape index (κ2) is 4.43. The minimum atomic E-state index is 1.11. The van der Waals surface area contributed by atoms with Crippen molar-refractivity contribution in [1.82, 2.24) is 0 Å². The molecule has 2 aromatic carbocycles. The minimum Gasteiger partial charge on any atom is -0.135 e. The molecule has 88 valence electrons. The minimum absolute atomic E-state index is 1.11. The molecule has 0 N–H and O–H groups in total. The van der Waals surface area contributed by atoms with Gasteiger partial charge in [-0.25, -0.2) is 0 Å². The SMILES string of the molecule is C=C(c1ccc(C)cc1)c1cc2ccccc2s1. The van der Waals surface area contributed by atoms with Crippen LogP contribution in [0.5, 0.6) is 0 Å². The molecule has 3 rings (SSSR count). The predicted molar refractivity (Wildman–Crippen MR) is 81.1 cm³/mol. The molecular formula is C17H14S. The van der Waals surface area contributed by atoms with Gasteiger partial charge in [0.2, 0.25) is 0 Å². The molecule has 1 heterocycles.